The van der Waals surface area contributed by atoms with Crippen LogP contribution in [0.3, 0.4) is 0 Å². The second kappa shape index (κ2) is 12.6. The number of anilines is 1. The van der Waals surface area contributed by atoms with Crippen LogP contribution in [0.1, 0.15) is 46.5 Å². The number of aromatic nitrogens is 4. The second-order valence-corrected chi connectivity index (χ2v) is 7.65. The zero-order valence-corrected chi connectivity index (χ0v) is 19.1. The van der Waals surface area contributed by atoms with Gasteiger partial charge in [0.1, 0.15) is 23.8 Å². The molecule has 13 heteroatoms. The molecule has 0 saturated carbocycles. The summed E-state index contributed by atoms with van der Waals surface area (Å²) in [5.74, 6) is -1.01. The zero-order chi connectivity index (χ0) is 26.0. The third-order valence-electron chi connectivity index (χ3n) is 4.84. The lowest BCUT2D eigenvalue weighted by molar-refractivity contribution is -0.123. The summed E-state index contributed by atoms with van der Waals surface area (Å²) in [4.78, 5) is 28.7. The van der Waals surface area contributed by atoms with E-state index in [0.717, 1.165) is 0 Å². The minimum absolute atomic E-state index is 0.0233. The van der Waals surface area contributed by atoms with E-state index in [4.69, 9.17) is 4.74 Å². The molecule has 2 N–H and O–H groups in total. The lowest BCUT2D eigenvalue weighted by atomic mass is 10.1. The van der Waals surface area contributed by atoms with Gasteiger partial charge in [-0.05, 0) is 49.6 Å². The number of unbranched alkanes of at least 4 members (excludes halogenated alkanes) is 3. The highest BCUT2D eigenvalue weighted by molar-refractivity contribution is 6.02. The molecule has 0 unspecified atom stereocenters. The molecule has 36 heavy (non-hydrogen) atoms. The van der Waals surface area contributed by atoms with Crippen molar-refractivity contribution < 1.29 is 31.9 Å². The summed E-state index contributed by atoms with van der Waals surface area (Å²) in [7, 11) is 0. The fourth-order valence-electron chi connectivity index (χ4n) is 3.08. The van der Waals surface area contributed by atoms with Crippen LogP contribution in [0.2, 0.25) is 0 Å². The number of hydrogen-bond donors (Lipinski definition) is 2. The smallest absolute Gasteiger partial charge is 0.405 e. The van der Waals surface area contributed by atoms with E-state index in [1.54, 1.807) is 18.2 Å². The highest BCUT2D eigenvalue weighted by Crippen LogP contribution is 2.25. The number of nitrogens with one attached hydrogen (secondary N) is 2. The molecule has 2 aromatic heterocycles. The van der Waals surface area contributed by atoms with E-state index >= 15 is 0 Å². The molecule has 2 heterocycles. The average Bonchev–Trinajstić information content (AvgIpc) is 3.35. The van der Waals surface area contributed by atoms with Gasteiger partial charge in [0.15, 0.2) is 5.69 Å². The number of carbonyl (C=O) groups is 2. The van der Waals surface area contributed by atoms with Crippen LogP contribution < -0.4 is 15.4 Å². The second-order valence-electron chi connectivity index (χ2n) is 7.65. The van der Waals surface area contributed by atoms with Crippen molar-refractivity contribution >= 4 is 17.6 Å². The highest BCUT2D eigenvalue weighted by atomic mass is 19.4. The molecule has 0 atom stereocenters. The Kier molecular flexibility index (Phi) is 9.31. The van der Waals surface area contributed by atoms with Gasteiger partial charge in [-0.15, -0.1) is 5.10 Å². The van der Waals surface area contributed by atoms with Gasteiger partial charge >= 0.3 is 6.18 Å². The van der Waals surface area contributed by atoms with E-state index in [0.29, 0.717) is 37.2 Å². The van der Waals surface area contributed by atoms with Crippen molar-refractivity contribution in [3.63, 3.8) is 0 Å². The molecule has 0 saturated heterocycles. The molecule has 3 aromatic rings. The Bertz CT molecular complexity index is 1150. The molecule has 1 aromatic carbocycles. The number of ether oxygens (including phenoxy) is 1. The van der Waals surface area contributed by atoms with Crippen molar-refractivity contribution in [2.45, 2.75) is 31.9 Å². The fourth-order valence-corrected chi connectivity index (χ4v) is 3.08. The highest BCUT2D eigenvalue weighted by Gasteiger charge is 2.28. The maximum Gasteiger partial charge on any atom is 0.405 e. The molecule has 0 aliphatic heterocycles. The van der Waals surface area contributed by atoms with Gasteiger partial charge in [-0.25, -0.2) is 9.67 Å². The Morgan fingerprint density at radius 2 is 1.83 bits per heavy atom. The van der Waals surface area contributed by atoms with Crippen LogP contribution >= 0.6 is 0 Å². The number of carbonyl (C=O) groups excluding carboxylic acids is 2. The summed E-state index contributed by atoms with van der Waals surface area (Å²) in [5, 5.41) is 12.2. The predicted octanol–water partition coefficient (Wildman–Crippen LogP) is 4.12. The standard InChI is InChI=1S/C23H24F4N6O3/c24-10-4-1-2-6-12-36-19-13-16(21(34)29-15-23(25,26)27)8-9-18(19)33-14-17(31-32-33)22(35)30-20-7-3-5-11-28-20/h3,5,7-9,11,13-14H,1-2,4,6,10,12,15H2,(H,29,34)(H,28,30,35). The summed E-state index contributed by atoms with van der Waals surface area (Å²) in [6.45, 7) is -1.66. The van der Waals surface area contributed by atoms with Gasteiger partial charge < -0.3 is 15.4 Å². The first kappa shape index (κ1) is 26.6. The van der Waals surface area contributed by atoms with Crippen LogP contribution in [0.25, 0.3) is 5.69 Å². The first-order valence-electron chi connectivity index (χ1n) is 11.1. The van der Waals surface area contributed by atoms with Crippen molar-refractivity contribution in [1.29, 1.82) is 0 Å². The zero-order valence-electron chi connectivity index (χ0n) is 19.1. The van der Waals surface area contributed by atoms with Crippen molar-refractivity contribution in [2.24, 2.45) is 0 Å². The third-order valence-corrected chi connectivity index (χ3v) is 4.84. The Hall–Kier alpha value is -4.03. The van der Waals surface area contributed by atoms with Crippen LogP contribution in [0.5, 0.6) is 5.75 Å². The number of rotatable bonds is 12. The summed E-state index contributed by atoms with van der Waals surface area (Å²) in [5.41, 5.74) is 0.240. The van der Waals surface area contributed by atoms with Gasteiger partial charge in [0.25, 0.3) is 11.8 Å². The van der Waals surface area contributed by atoms with E-state index in [2.05, 4.69) is 20.6 Å². The molecule has 0 fully saturated rings. The van der Waals surface area contributed by atoms with E-state index in [9.17, 15) is 27.2 Å². The molecule has 0 spiro atoms. The Morgan fingerprint density at radius 1 is 1.03 bits per heavy atom. The largest absolute Gasteiger partial charge is 0.491 e. The monoisotopic (exact) mass is 508 g/mol. The SMILES string of the molecule is O=C(NCC(F)(F)F)c1ccc(-n2cc(C(=O)Nc3ccccn3)nn2)c(OCCCCCCF)c1. The summed E-state index contributed by atoms with van der Waals surface area (Å²) in [6.07, 6.45) is 0.741. The van der Waals surface area contributed by atoms with Crippen LogP contribution in [-0.2, 0) is 0 Å². The quantitative estimate of drug-likeness (QED) is 0.281. The van der Waals surface area contributed by atoms with E-state index in [1.807, 2.05) is 5.32 Å². The van der Waals surface area contributed by atoms with Crippen molar-refractivity contribution in [3.05, 3.63) is 60.0 Å². The third kappa shape index (κ3) is 8.03. The summed E-state index contributed by atoms with van der Waals surface area (Å²) >= 11 is 0. The molecule has 9 nitrogen and oxygen atoms in total. The maximum atomic E-state index is 12.5. The summed E-state index contributed by atoms with van der Waals surface area (Å²) in [6, 6.07) is 9.03. The number of amides is 2. The van der Waals surface area contributed by atoms with Crippen LogP contribution in [0, 0.1) is 0 Å². The lowest BCUT2D eigenvalue weighted by Gasteiger charge is -2.14. The van der Waals surface area contributed by atoms with Crippen molar-refractivity contribution in [1.82, 2.24) is 25.3 Å². The Balaban J connectivity index is 1.78. The molecular weight excluding hydrogens is 484 g/mol. The van der Waals surface area contributed by atoms with Gasteiger partial charge in [0.2, 0.25) is 0 Å². The predicted molar refractivity (Wildman–Crippen MR) is 122 cm³/mol. The normalized spacial score (nSPS) is 11.2. The van der Waals surface area contributed by atoms with E-state index in [-0.39, 0.29) is 23.6 Å². The van der Waals surface area contributed by atoms with E-state index in [1.165, 1.54) is 35.3 Å². The molecule has 0 radical (unpaired) electrons. The maximum absolute atomic E-state index is 12.5. The van der Waals surface area contributed by atoms with Gasteiger partial charge in [-0.3, -0.25) is 14.0 Å². The summed E-state index contributed by atoms with van der Waals surface area (Å²) < 4.78 is 56.7. The molecule has 192 valence electrons. The number of benzene rings is 1. The van der Waals surface area contributed by atoms with Gasteiger partial charge in [-0.2, -0.15) is 13.2 Å². The van der Waals surface area contributed by atoms with Crippen molar-refractivity contribution in [3.8, 4) is 11.4 Å². The van der Waals surface area contributed by atoms with Crippen LogP contribution in [0.15, 0.2) is 48.8 Å². The molecule has 0 bridgehead atoms. The lowest BCUT2D eigenvalue weighted by Crippen LogP contribution is -2.33. The number of alkyl halides is 4. The average molecular weight is 508 g/mol. The first-order valence-corrected chi connectivity index (χ1v) is 11.1. The number of pyridine rings is 1. The van der Waals surface area contributed by atoms with Gasteiger partial charge in [0.05, 0.1) is 19.5 Å². The minimum atomic E-state index is -4.55. The van der Waals surface area contributed by atoms with Crippen LogP contribution in [-0.4, -0.2) is 57.8 Å². The van der Waals surface area contributed by atoms with Crippen LogP contribution in [0.4, 0.5) is 23.4 Å². The number of hydrogen-bond acceptors (Lipinski definition) is 6. The first-order chi connectivity index (χ1) is 17.3. The molecule has 0 aliphatic carbocycles. The molecule has 2 amide bonds. The number of halogens is 4. The topological polar surface area (TPSA) is 111 Å². The van der Waals surface area contributed by atoms with E-state index < -0.39 is 31.2 Å². The van der Waals surface area contributed by atoms with Gasteiger partial charge in [-0.1, -0.05) is 17.7 Å². The Morgan fingerprint density at radius 3 is 2.56 bits per heavy atom. The number of nitrogens with zero attached hydrogens (tertiary/aromatic N) is 4. The molecular formula is C23H24F4N6O3. The fraction of sp³-hybridized carbons (Fsp3) is 0.348. The Labute approximate surface area is 203 Å². The van der Waals surface area contributed by atoms with Gasteiger partial charge in [0, 0.05) is 11.8 Å². The van der Waals surface area contributed by atoms with Crippen molar-refractivity contribution in [2.75, 3.05) is 25.1 Å². The molecule has 0 aliphatic rings. The molecule has 3 rings (SSSR count). The minimum Gasteiger partial charge on any atom is -0.491 e.